The molecule has 0 radical (unpaired) electrons. The average Bonchev–Trinajstić information content (AvgIpc) is 3.02. The van der Waals surface area contributed by atoms with E-state index in [1.54, 1.807) is 23.7 Å². The molecule has 2 aromatic rings. The maximum atomic E-state index is 12.3. The fourth-order valence-electron chi connectivity index (χ4n) is 2.60. The molecule has 1 amide bonds. The molecule has 19 heavy (non-hydrogen) atoms. The van der Waals surface area contributed by atoms with Gasteiger partial charge >= 0.3 is 0 Å². The molecule has 3 nitrogen and oxygen atoms in total. The molecule has 98 valence electrons. The third-order valence-corrected chi connectivity index (χ3v) is 4.41. The smallest absolute Gasteiger partial charge is 0.255 e. The van der Waals surface area contributed by atoms with Gasteiger partial charge in [0.1, 0.15) is 0 Å². The lowest BCUT2D eigenvalue weighted by molar-refractivity contribution is 0.0712. The third-order valence-electron chi connectivity index (χ3n) is 3.71. The van der Waals surface area contributed by atoms with Crippen LogP contribution in [-0.4, -0.2) is 28.9 Å². The summed E-state index contributed by atoms with van der Waals surface area (Å²) in [4.78, 5) is 18.2. The van der Waals surface area contributed by atoms with E-state index in [0.29, 0.717) is 11.5 Å². The summed E-state index contributed by atoms with van der Waals surface area (Å²) in [5, 5.41) is 4.35. The summed E-state index contributed by atoms with van der Waals surface area (Å²) >= 11 is 1.75. The summed E-state index contributed by atoms with van der Waals surface area (Å²) in [5.74, 6) is 0.723. The molecule has 1 aliphatic rings. The Bertz CT molecular complexity index is 531. The molecule has 0 bridgehead atoms. The van der Waals surface area contributed by atoms with Crippen molar-refractivity contribution in [1.82, 2.24) is 9.88 Å². The van der Waals surface area contributed by atoms with Crippen LogP contribution in [0.3, 0.4) is 0 Å². The fraction of sp³-hybridized carbons (Fsp3) is 0.333. The minimum Gasteiger partial charge on any atom is -0.339 e. The lowest BCUT2D eigenvalue weighted by Gasteiger charge is -2.31. The zero-order valence-corrected chi connectivity index (χ0v) is 11.5. The lowest BCUT2D eigenvalue weighted by atomic mass is 9.91. The first-order chi connectivity index (χ1) is 9.34. The van der Waals surface area contributed by atoms with E-state index in [1.807, 2.05) is 17.0 Å². The van der Waals surface area contributed by atoms with Crippen LogP contribution in [0.15, 0.2) is 41.4 Å². The summed E-state index contributed by atoms with van der Waals surface area (Å²) in [7, 11) is 0. The van der Waals surface area contributed by atoms with Crippen molar-refractivity contribution in [2.75, 3.05) is 13.1 Å². The number of likely N-dealkylation sites (tertiary alicyclic amines) is 1. The number of carbonyl (C=O) groups is 1. The number of hydrogen-bond acceptors (Lipinski definition) is 3. The van der Waals surface area contributed by atoms with Gasteiger partial charge in [-0.1, -0.05) is 0 Å². The molecular formula is C15H16N2OS. The van der Waals surface area contributed by atoms with E-state index in [0.717, 1.165) is 25.9 Å². The first-order valence-corrected chi connectivity index (χ1v) is 7.50. The number of nitrogens with zero attached hydrogens (tertiary/aromatic N) is 2. The van der Waals surface area contributed by atoms with E-state index < -0.39 is 0 Å². The molecule has 3 rings (SSSR count). The second-order valence-electron chi connectivity index (χ2n) is 4.86. The predicted octanol–water partition coefficient (Wildman–Crippen LogP) is 3.16. The Morgan fingerprint density at radius 1 is 1.32 bits per heavy atom. The monoisotopic (exact) mass is 272 g/mol. The molecule has 1 saturated heterocycles. The number of pyridine rings is 1. The number of hydrogen-bond donors (Lipinski definition) is 0. The van der Waals surface area contributed by atoms with Crippen LogP contribution in [0.2, 0.25) is 0 Å². The van der Waals surface area contributed by atoms with Gasteiger partial charge in [0.2, 0.25) is 0 Å². The Labute approximate surface area is 116 Å². The third kappa shape index (κ3) is 2.68. The Hall–Kier alpha value is -1.68. The average molecular weight is 272 g/mol. The van der Waals surface area contributed by atoms with Crippen molar-refractivity contribution >= 4 is 17.2 Å². The van der Waals surface area contributed by atoms with E-state index in [2.05, 4.69) is 21.8 Å². The van der Waals surface area contributed by atoms with Crippen LogP contribution in [-0.2, 0) is 0 Å². The molecule has 0 aromatic carbocycles. The summed E-state index contributed by atoms with van der Waals surface area (Å²) < 4.78 is 0. The molecule has 4 heteroatoms. The van der Waals surface area contributed by atoms with E-state index >= 15 is 0 Å². The zero-order chi connectivity index (χ0) is 13.1. The first kappa shape index (κ1) is 12.4. The van der Waals surface area contributed by atoms with Gasteiger partial charge in [0, 0.05) is 25.5 Å². The van der Waals surface area contributed by atoms with Crippen LogP contribution in [0.5, 0.6) is 0 Å². The SMILES string of the molecule is O=C(c1cccnc1)N1CCC(c2ccsc2)CC1. The van der Waals surface area contributed by atoms with Crippen LogP contribution in [0.1, 0.15) is 34.7 Å². The van der Waals surface area contributed by atoms with E-state index in [1.165, 1.54) is 5.56 Å². The van der Waals surface area contributed by atoms with E-state index in [9.17, 15) is 4.79 Å². The van der Waals surface area contributed by atoms with Gasteiger partial charge in [-0.05, 0) is 53.3 Å². The van der Waals surface area contributed by atoms with Crippen molar-refractivity contribution in [2.45, 2.75) is 18.8 Å². The molecule has 0 aliphatic carbocycles. The number of piperidine rings is 1. The second-order valence-corrected chi connectivity index (χ2v) is 5.64. The van der Waals surface area contributed by atoms with Gasteiger partial charge in [0.25, 0.3) is 5.91 Å². The van der Waals surface area contributed by atoms with E-state index in [-0.39, 0.29) is 5.91 Å². The quantitative estimate of drug-likeness (QED) is 0.841. The molecular weight excluding hydrogens is 256 g/mol. The molecule has 2 aromatic heterocycles. The van der Waals surface area contributed by atoms with Gasteiger partial charge < -0.3 is 4.90 Å². The largest absolute Gasteiger partial charge is 0.339 e. The summed E-state index contributed by atoms with van der Waals surface area (Å²) in [6.45, 7) is 1.68. The van der Waals surface area contributed by atoms with Crippen LogP contribution >= 0.6 is 11.3 Å². The number of thiophene rings is 1. The molecule has 1 aliphatic heterocycles. The van der Waals surface area contributed by atoms with Crippen molar-refractivity contribution in [3.63, 3.8) is 0 Å². The molecule has 0 atom stereocenters. The number of carbonyl (C=O) groups excluding carboxylic acids is 1. The number of rotatable bonds is 2. The molecule has 0 unspecified atom stereocenters. The Morgan fingerprint density at radius 2 is 2.16 bits per heavy atom. The van der Waals surface area contributed by atoms with Crippen molar-refractivity contribution in [1.29, 1.82) is 0 Å². The molecule has 3 heterocycles. The number of aromatic nitrogens is 1. The minimum atomic E-state index is 0.108. The van der Waals surface area contributed by atoms with Gasteiger partial charge in [-0.15, -0.1) is 0 Å². The highest BCUT2D eigenvalue weighted by atomic mass is 32.1. The second kappa shape index (κ2) is 5.53. The maximum absolute atomic E-state index is 12.3. The van der Waals surface area contributed by atoms with Crippen molar-refractivity contribution in [3.05, 3.63) is 52.5 Å². The zero-order valence-electron chi connectivity index (χ0n) is 10.7. The van der Waals surface area contributed by atoms with Gasteiger partial charge in [-0.25, -0.2) is 0 Å². The Morgan fingerprint density at radius 3 is 2.79 bits per heavy atom. The van der Waals surface area contributed by atoms with Crippen molar-refractivity contribution in [2.24, 2.45) is 0 Å². The highest BCUT2D eigenvalue weighted by Crippen LogP contribution is 2.29. The predicted molar refractivity (Wildman–Crippen MR) is 76.4 cm³/mol. The van der Waals surface area contributed by atoms with Crippen molar-refractivity contribution in [3.8, 4) is 0 Å². The maximum Gasteiger partial charge on any atom is 0.255 e. The summed E-state index contributed by atoms with van der Waals surface area (Å²) in [5.41, 5.74) is 2.12. The molecule has 0 saturated carbocycles. The van der Waals surface area contributed by atoms with E-state index in [4.69, 9.17) is 0 Å². The van der Waals surface area contributed by atoms with Crippen LogP contribution < -0.4 is 0 Å². The lowest BCUT2D eigenvalue weighted by Crippen LogP contribution is -2.37. The highest BCUT2D eigenvalue weighted by molar-refractivity contribution is 7.07. The van der Waals surface area contributed by atoms with Crippen LogP contribution in [0.4, 0.5) is 0 Å². The standard InChI is InChI=1S/C15H16N2OS/c18-15(13-2-1-6-16-10-13)17-7-3-12(4-8-17)14-5-9-19-11-14/h1-2,5-6,9-12H,3-4,7-8H2. The van der Waals surface area contributed by atoms with Crippen LogP contribution in [0, 0.1) is 0 Å². The summed E-state index contributed by atoms with van der Waals surface area (Å²) in [6.07, 6.45) is 5.46. The van der Waals surface area contributed by atoms with Gasteiger partial charge in [-0.2, -0.15) is 11.3 Å². The molecule has 0 spiro atoms. The topological polar surface area (TPSA) is 33.2 Å². The number of amides is 1. The Balaban J connectivity index is 1.63. The molecule has 0 N–H and O–H groups in total. The molecule has 1 fully saturated rings. The first-order valence-electron chi connectivity index (χ1n) is 6.56. The van der Waals surface area contributed by atoms with Gasteiger partial charge in [0.15, 0.2) is 0 Å². The Kier molecular flexibility index (Phi) is 3.60. The van der Waals surface area contributed by atoms with Crippen molar-refractivity contribution < 1.29 is 4.79 Å². The van der Waals surface area contributed by atoms with Gasteiger partial charge in [0.05, 0.1) is 5.56 Å². The minimum absolute atomic E-state index is 0.108. The van der Waals surface area contributed by atoms with Crippen LogP contribution in [0.25, 0.3) is 0 Å². The van der Waals surface area contributed by atoms with Gasteiger partial charge in [-0.3, -0.25) is 9.78 Å². The fourth-order valence-corrected chi connectivity index (χ4v) is 3.34. The highest BCUT2D eigenvalue weighted by Gasteiger charge is 2.24. The summed E-state index contributed by atoms with van der Waals surface area (Å²) in [6, 6.07) is 5.85. The normalized spacial score (nSPS) is 16.5.